The second kappa shape index (κ2) is 14.6. The molecule has 0 aliphatic carbocycles. The van der Waals surface area contributed by atoms with E-state index in [1.807, 2.05) is 0 Å². The van der Waals surface area contributed by atoms with Crippen molar-refractivity contribution in [2.45, 2.75) is 64.0 Å². The van der Waals surface area contributed by atoms with Crippen molar-refractivity contribution in [3.8, 4) is 0 Å². The number of nitrogens with two attached hydrogens (primary N) is 3. The van der Waals surface area contributed by atoms with E-state index in [0.29, 0.717) is 32.2 Å². The molecule has 0 aromatic carbocycles. The minimum Gasteiger partial charge on any atom is -0.426 e. The number of hydrogen-bond donors (Lipinski definition) is 8. The van der Waals surface area contributed by atoms with Crippen LogP contribution in [0.25, 0.3) is 0 Å². The average Bonchev–Trinajstić information content (AvgIpc) is 2.62. The lowest BCUT2D eigenvalue weighted by Gasteiger charge is -2.24. The van der Waals surface area contributed by atoms with E-state index in [-0.39, 0.29) is 24.8 Å². The van der Waals surface area contributed by atoms with Crippen molar-refractivity contribution in [2.24, 2.45) is 22.2 Å². The van der Waals surface area contributed by atoms with Gasteiger partial charge in [-0.05, 0) is 45.6 Å². The van der Waals surface area contributed by atoms with Gasteiger partial charge in [0.15, 0.2) is 5.96 Å². The fourth-order valence-corrected chi connectivity index (χ4v) is 2.53. The standard InChI is InChI=1S/C16H34BN7O5/c1-10(22-11(2)25)14(26)23-12(6-3-4-8-18)15(27)24-13(17(28)29)7-5-9-21-16(19)20/h10,12-13,28-29H,3-9,18H2,1-2H3,(H,22,25)(H,23,26)(H,24,27)(H4,19,20,21). The molecule has 0 heterocycles. The zero-order valence-corrected chi connectivity index (χ0v) is 17.1. The van der Waals surface area contributed by atoms with Gasteiger partial charge in [-0.1, -0.05) is 0 Å². The second-order valence-corrected chi connectivity index (χ2v) is 6.75. The molecule has 13 heteroatoms. The minimum atomic E-state index is -1.79. The highest BCUT2D eigenvalue weighted by Gasteiger charge is 2.29. The van der Waals surface area contributed by atoms with Crippen molar-refractivity contribution in [3.63, 3.8) is 0 Å². The Labute approximate surface area is 171 Å². The molecular formula is C16H34BN7O5. The van der Waals surface area contributed by atoms with Crippen LogP contribution in [-0.4, -0.2) is 72.0 Å². The van der Waals surface area contributed by atoms with Crippen LogP contribution in [0.5, 0.6) is 0 Å². The quantitative estimate of drug-likeness (QED) is 0.0619. The molecule has 0 spiro atoms. The maximum Gasteiger partial charge on any atom is 0.475 e. The van der Waals surface area contributed by atoms with Crippen LogP contribution in [0, 0.1) is 0 Å². The van der Waals surface area contributed by atoms with Crippen LogP contribution in [0.3, 0.4) is 0 Å². The Bertz CT molecular complexity index is 558. The van der Waals surface area contributed by atoms with Crippen LogP contribution in [-0.2, 0) is 14.4 Å². The molecule has 0 saturated heterocycles. The van der Waals surface area contributed by atoms with Crippen molar-refractivity contribution >= 4 is 30.8 Å². The molecular weight excluding hydrogens is 381 g/mol. The molecule has 0 aliphatic heterocycles. The lowest BCUT2D eigenvalue weighted by Crippen LogP contribution is -2.56. The molecule has 0 aromatic heterocycles. The van der Waals surface area contributed by atoms with Crippen molar-refractivity contribution in [2.75, 3.05) is 13.1 Å². The van der Waals surface area contributed by atoms with E-state index < -0.39 is 37.0 Å². The van der Waals surface area contributed by atoms with Gasteiger partial charge in [0.05, 0.1) is 5.94 Å². The molecule has 0 rings (SSSR count). The molecule has 0 fully saturated rings. The summed E-state index contributed by atoms with van der Waals surface area (Å²) in [5.74, 6) is -2.50. The number of aliphatic imine (C=N–C) groups is 1. The van der Waals surface area contributed by atoms with Crippen LogP contribution in [0.2, 0.25) is 0 Å². The highest BCUT2D eigenvalue weighted by atomic mass is 16.4. The predicted octanol–water partition coefficient (Wildman–Crippen LogP) is -3.32. The lowest BCUT2D eigenvalue weighted by molar-refractivity contribution is -0.131. The first-order valence-corrected chi connectivity index (χ1v) is 9.57. The van der Waals surface area contributed by atoms with Gasteiger partial charge < -0.3 is 43.2 Å². The van der Waals surface area contributed by atoms with Gasteiger partial charge in [-0.2, -0.15) is 0 Å². The first kappa shape index (κ1) is 26.6. The Balaban J connectivity index is 4.97. The third kappa shape index (κ3) is 12.6. The summed E-state index contributed by atoms with van der Waals surface area (Å²) in [6.07, 6.45) is 2.17. The smallest absolute Gasteiger partial charge is 0.426 e. The van der Waals surface area contributed by atoms with E-state index in [1.54, 1.807) is 0 Å². The molecule has 0 aliphatic rings. The molecule has 0 radical (unpaired) electrons. The van der Waals surface area contributed by atoms with Gasteiger partial charge in [-0.3, -0.25) is 19.4 Å². The summed E-state index contributed by atoms with van der Waals surface area (Å²) >= 11 is 0. The van der Waals surface area contributed by atoms with Crippen molar-refractivity contribution in [1.82, 2.24) is 16.0 Å². The summed E-state index contributed by atoms with van der Waals surface area (Å²) in [5, 5.41) is 26.6. The Morgan fingerprint density at radius 3 is 2.17 bits per heavy atom. The number of hydrogen-bond acceptors (Lipinski definition) is 7. The fourth-order valence-electron chi connectivity index (χ4n) is 2.53. The molecule has 3 amide bonds. The van der Waals surface area contributed by atoms with E-state index >= 15 is 0 Å². The molecule has 11 N–H and O–H groups in total. The third-order valence-corrected chi connectivity index (χ3v) is 4.05. The number of carbonyl (C=O) groups is 3. The summed E-state index contributed by atoms with van der Waals surface area (Å²) in [5.41, 5.74) is 15.9. The average molecular weight is 415 g/mol. The van der Waals surface area contributed by atoms with Crippen LogP contribution in [0.15, 0.2) is 4.99 Å². The van der Waals surface area contributed by atoms with Crippen LogP contribution in [0.1, 0.15) is 46.0 Å². The highest BCUT2D eigenvalue weighted by Crippen LogP contribution is 2.05. The normalized spacial score (nSPS) is 13.6. The number of unbranched alkanes of at least 4 members (excludes halogenated alkanes) is 1. The number of amides is 3. The Morgan fingerprint density at radius 1 is 1.00 bits per heavy atom. The van der Waals surface area contributed by atoms with Gasteiger partial charge in [0.25, 0.3) is 0 Å². The molecule has 0 aromatic rings. The maximum absolute atomic E-state index is 12.6. The molecule has 3 unspecified atom stereocenters. The topological polar surface area (TPSA) is 218 Å². The van der Waals surface area contributed by atoms with Gasteiger partial charge in [-0.15, -0.1) is 0 Å². The Hall–Kier alpha value is -2.38. The summed E-state index contributed by atoms with van der Waals surface area (Å²) in [6, 6.07) is -1.74. The summed E-state index contributed by atoms with van der Waals surface area (Å²) in [7, 11) is -1.79. The molecule has 0 saturated carbocycles. The van der Waals surface area contributed by atoms with Gasteiger partial charge >= 0.3 is 7.12 Å². The van der Waals surface area contributed by atoms with Crippen LogP contribution < -0.4 is 33.2 Å². The molecule has 12 nitrogen and oxygen atoms in total. The molecule has 29 heavy (non-hydrogen) atoms. The maximum atomic E-state index is 12.6. The number of nitrogens with one attached hydrogen (secondary N) is 3. The predicted molar refractivity (Wildman–Crippen MR) is 110 cm³/mol. The summed E-state index contributed by atoms with van der Waals surface area (Å²) < 4.78 is 0. The zero-order valence-electron chi connectivity index (χ0n) is 17.1. The van der Waals surface area contributed by atoms with Crippen molar-refractivity contribution in [1.29, 1.82) is 0 Å². The van der Waals surface area contributed by atoms with E-state index in [0.717, 1.165) is 0 Å². The van der Waals surface area contributed by atoms with Gasteiger partial charge in [-0.25, -0.2) is 0 Å². The van der Waals surface area contributed by atoms with Crippen LogP contribution >= 0.6 is 0 Å². The summed E-state index contributed by atoms with van der Waals surface area (Å²) in [4.78, 5) is 39.8. The lowest BCUT2D eigenvalue weighted by atomic mass is 9.76. The number of rotatable bonds is 14. The van der Waals surface area contributed by atoms with E-state index in [9.17, 15) is 24.4 Å². The van der Waals surface area contributed by atoms with Gasteiger partial charge in [0, 0.05) is 13.5 Å². The highest BCUT2D eigenvalue weighted by molar-refractivity contribution is 6.43. The Morgan fingerprint density at radius 2 is 1.66 bits per heavy atom. The number of nitrogens with zero attached hydrogens (tertiary/aromatic N) is 1. The van der Waals surface area contributed by atoms with Gasteiger partial charge in [0.2, 0.25) is 17.7 Å². The molecule has 166 valence electrons. The second-order valence-electron chi connectivity index (χ2n) is 6.75. The zero-order chi connectivity index (χ0) is 22.4. The monoisotopic (exact) mass is 415 g/mol. The third-order valence-electron chi connectivity index (χ3n) is 4.05. The molecule has 3 atom stereocenters. The van der Waals surface area contributed by atoms with Gasteiger partial charge in [0.1, 0.15) is 12.1 Å². The largest absolute Gasteiger partial charge is 0.475 e. The SMILES string of the molecule is CC(=O)NC(C)C(=O)NC(CCCCN)C(=O)NC(CCCN=C(N)N)B(O)O. The molecule has 0 bridgehead atoms. The fraction of sp³-hybridized carbons (Fsp3) is 0.750. The Kier molecular flexibility index (Phi) is 13.4. The van der Waals surface area contributed by atoms with E-state index in [2.05, 4.69) is 20.9 Å². The minimum absolute atomic E-state index is 0.0777. The van der Waals surface area contributed by atoms with Crippen LogP contribution in [0.4, 0.5) is 0 Å². The number of carbonyl (C=O) groups excluding carboxylic acids is 3. The first-order chi connectivity index (χ1) is 13.6. The summed E-state index contributed by atoms with van der Waals surface area (Å²) in [6.45, 7) is 3.49. The van der Waals surface area contributed by atoms with E-state index in [4.69, 9.17) is 17.2 Å². The first-order valence-electron chi connectivity index (χ1n) is 9.57. The van der Waals surface area contributed by atoms with Crippen molar-refractivity contribution < 1.29 is 24.4 Å². The van der Waals surface area contributed by atoms with Crippen molar-refractivity contribution in [3.05, 3.63) is 0 Å². The van der Waals surface area contributed by atoms with E-state index in [1.165, 1.54) is 13.8 Å². The number of guanidine groups is 1.